The molecule has 5 nitrogen and oxygen atoms in total. The Hall–Kier alpha value is -0.923. The molecule has 2 aromatic rings. The molecule has 1 fully saturated rings. The van der Waals surface area contributed by atoms with Gasteiger partial charge in [-0.15, -0.1) is 5.10 Å². The molecule has 0 bridgehead atoms. The molecule has 0 atom stereocenters. The standard InChI is InChI=1S/C16H24BrN3O2Si/c1-11-9-13-14(15(17)18-11)20(12-5-6-12)19-16(13)22-10-21-7-8-23(2,3)4/h9,12H,5-8,10H2,1-4H3. The summed E-state index contributed by atoms with van der Waals surface area (Å²) in [6, 6.07) is 3.65. The second kappa shape index (κ2) is 6.53. The van der Waals surface area contributed by atoms with Gasteiger partial charge in [0.25, 0.3) is 0 Å². The molecule has 0 amide bonds. The first-order valence-electron chi connectivity index (χ1n) is 8.11. The number of halogens is 1. The Morgan fingerprint density at radius 2 is 2.09 bits per heavy atom. The minimum absolute atomic E-state index is 0.250. The van der Waals surface area contributed by atoms with Crippen molar-refractivity contribution in [3.8, 4) is 5.88 Å². The second-order valence-corrected chi connectivity index (χ2v) is 13.8. The van der Waals surface area contributed by atoms with Crippen molar-refractivity contribution in [3.63, 3.8) is 0 Å². The summed E-state index contributed by atoms with van der Waals surface area (Å²) in [7, 11) is -1.06. The van der Waals surface area contributed by atoms with Gasteiger partial charge >= 0.3 is 0 Å². The van der Waals surface area contributed by atoms with Gasteiger partial charge in [-0.1, -0.05) is 19.6 Å². The molecule has 0 aliphatic heterocycles. The summed E-state index contributed by atoms with van der Waals surface area (Å²) in [4.78, 5) is 4.50. The third-order valence-corrected chi connectivity index (χ3v) is 6.16. The summed E-state index contributed by atoms with van der Waals surface area (Å²) in [5.41, 5.74) is 1.97. The first-order valence-corrected chi connectivity index (χ1v) is 12.6. The highest BCUT2D eigenvalue weighted by Gasteiger charge is 2.29. The Morgan fingerprint density at radius 3 is 2.74 bits per heavy atom. The highest BCUT2D eigenvalue weighted by molar-refractivity contribution is 9.10. The molecular weight excluding hydrogens is 374 g/mol. The molecule has 0 aromatic carbocycles. The van der Waals surface area contributed by atoms with E-state index in [2.05, 4.69) is 45.7 Å². The van der Waals surface area contributed by atoms with Gasteiger partial charge in [0, 0.05) is 20.4 Å². The number of pyridine rings is 1. The van der Waals surface area contributed by atoms with Crippen LogP contribution in [0.5, 0.6) is 5.88 Å². The lowest BCUT2D eigenvalue weighted by atomic mass is 10.3. The van der Waals surface area contributed by atoms with E-state index in [4.69, 9.17) is 9.47 Å². The molecule has 23 heavy (non-hydrogen) atoms. The fourth-order valence-corrected chi connectivity index (χ4v) is 3.87. The smallest absolute Gasteiger partial charge is 0.243 e. The topological polar surface area (TPSA) is 49.2 Å². The van der Waals surface area contributed by atoms with Crippen LogP contribution >= 0.6 is 15.9 Å². The zero-order chi connectivity index (χ0) is 16.6. The van der Waals surface area contributed by atoms with E-state index in [-0.39, 0.29) is 6.79 Å². The lowest BCUT2D eigenvalue weighted by molar-refractivity contribution is 0.0197. The van der Waals surface area contributed by atoms with Crippen molar-refractivity contribution < 1.29 is 9.47 Å². The number of ether oxygens (including phenoxy) is 2. The normalized spacial score (nSPS) is 15.3. The summed E-state index contributed by atoms with van der Waals surface area (Å²) in [5, 5.41) is 5.66. The largest absolute Gasteiger partial charge is 0.449 e. The summed E-state index contributed by atoms with van der Waals surface area (Å²) < 4.78 is 14.3. The number of hydrogen-bond acceptors (Lipinski definition) is 4. The molecule has 2 heterocycles. The van der Waals surface area contributed by atoms with Gasteiger partial charge in [0.15, 0.2) is 6.79 Å². The summed E-state index contributed by atoms with van der Waals surface area (Å²) in [6.45, 7) is 10.0. The predicted octanol–water partition coefficient (Wildman–Crippen LogP) is 4.53. The van der Waals surface area contributed by atoms with Crippen molar-refractivity contribution in [2.45, 2.75) is 51.5 Å². The zero-order valence-electron chi connectivity index (χ0n) is 14.2. The lowest BCUT2D eigenvalue weighted by Crippen LogP contribution is -2.22. The third kappa shape index (κ3) is 4.13. The Morgan fingerprint density at radius 1 is 1.35 bits per heavy atom. The van der Waals surface area contributed by atoms with Crippen LogP contribution in [0.2, 0.25) is 25.7 Å². The zero-order valence-corrected chi connectivity index (χ0v) is 16.8. The maximum Gasteiger partial charge on any atom is 0.243 e. The molecule has 126 valence electrons. The first kappa shape index (κ1) is 16.9. The third-order valence-electron chi connectivity index (χ3n) is 3.90. The Balaban J connectivity index is 1.73. The average molecular weight is 398 g/mol. The first-order chi connectivity index (χ1) is 10.8. The van der Waals surface area contributed by atoms with E-state index in [1.165, 1.54) is 12.8 Å². The van der Waals surface area contributed by atoms with Crippen LogP contribution in [0.4, 0.5) is 0 Å². The maximum atomic E-state index is 5.82. The van der Waals surface area contributed by atoms with Gasteiger partial charge in [-0.25, -0.2) is 4.98 Å². The summed E-state index contributed by atoms with van der Waals surface area (Å²) >= 11 is 3.57. The van der Waals surface area contributed by atoms with E-state index >= 15 is 0 Å². The average Bonchev–Trinajstić information content (AvgIpc) is 3.20. The summed E-state index contributed by atoms with van der Waals surface area (Å²) in [6.07, 6.45) is 2.34. The van der Waals surface area contributed by atoms with Gasteiger partial charge in [-0.3, -0.25) is 4.68 Å². The quantitative estimate of drug-likeness (QED) is 0.298. The number of hydrogen-bond donors (Lipinski definition) is 0. The van der Waals surface area contributed by atoms with Crippen LogP contribution in [0.3, 0.4) is 0 Å². The fourth-order valence-electron chi connectivity index (χ4n) is 2.44. The van der Waals surface area contributed by atoms with Gasteiger partial charge in [0.2, 0.25) is 5.88 Å². The molecule has 3 rings (SSSR count). The predicted molar refractivity (Wildman–Crippen MR) is 97.8 cm³/mol. The molecule has 0 radical (unpaired) electrons. The van der Waals surface area contributed by atoms with Crippen LogP contribution in [0.25, 0.3) is 10.9 Å². The van der Waals surface area contributed by atoms with E-state index in [9.17, 15) is 0 Å². The number of aryl methyl sites for hydroxylation is 1. The van der Waals surface area contributed by atoms with Crippen molar-refractivity contribution >= 4 is 34.9 Å². The van der Waals surface area contributed by atoms with Crippen LogP contribution in [-0.2, 0) is 4.74 Å². The molecule has 7 heteroatoms. The molecule has 2 aromatic heterocycles. The highest BCUT2D eigenvalue weighted by Crippen LogP contribution is 2.41. The molecule has 0 spiro atoms. The monoisotopic (exact) mass is 397 g/mol. The van der Waals surface area contributed by atoms with Crippen molar-refractivity contribution in [3.05, 3.63) is 16.4 Å². The molecule has 0 saturated heterocycles. The van der Waals surface area contributed by atoms with Crippen molar-refractivity contribution in [1.29, 1.82) is 0 Å². The van der Waals surface area contributed by atoms with Gasteiger partial charge in [-0.2, -0.15) is 0 Å². The van der Waals surface area contributed by atoms with Gasteiger partial charge in [0.05, 0.1) is 11.4 Å². The number of fused-ring (bicyclic) bond motifs is 1. The van der Waals surface area contributed by atoms with E-state index in [0.29, 0.717) is 11.9 Å². The van der Waals surface area contributed by atoms with Crippen molar-refractivity contribution in [2.75, 3.05) is 13.4 Å². The Kier molecular flexibility index (Phi) is 4.80. The minimum Gasteiger partial charge on any atom is -0.449 e. The molecule has 0 unspecified atom stereocenters. The fraction of sp³-hybridized carbons (Fsp3) is 0.625. The molecule has 1 aliphatic carbocycles. The molecular formula is C16H24BrN3O2Si. The van der Waals surface area contributed by atoms with Crippen LogP contribution in [0, 0.1) is 6.92 Å². The highest BCUT2D eigenvalue weighted by atomic mass is 79.9. The van der Waals surface area contributed by atoms with E-state index in [1.54, 1.807) is 0 Å². The van der Waals surface area contributed by atoms with Crippen molar-refractivity contribution in [1.82, 2.24) is 14.8 Å². The van der Waals surface area contributed by atoms with Crippen LogP contribution in [0.15, 0.2) is 10.7 Å². The Bertz CT molecular complexity index is 707. The second-order valence-electron chi connectivity index (χ2n) is 7.41. The van der Waals surface area contributed by atoms with Crippen LogP contribution in [0.1, 0.15) is 24.6 Å². The Labute approximate surface area is 146 Å². The SMILES string of the molecule is Cc1cc2c(OCOCC[Si](C)(C)C)nn(C3CC3)c2c(Br)n1. The maximum absolute atomic E-state index is 5.82. The van der Waals surface area contributed by atoms with Crippen LogP contribution in [-0.4, -0.2) is 36.2 Å². The molecule has 1 aliphatic rings. The van der Waals surface area contributed by atoms with E-state index in [0.717, 1.165) is 33.9 Å². The summed E-state index contributed by atoms with van der Waals surface area (Å²) in [5.74, 6) is 0.645. The number of aromatic nitrogens is 3. The number of nitrogens with zero attached hydrogens (tertiary/aromatic N) is 3. The van der Waals surface area contributed by atoms with Gasteiger partial charge < -0.3 is 9.47 Å². The minimum atomic E-state index is -1.06. The van der Waals surface area contributed by atoms with Gasteiger partial charge in [0.1, 0.15) is 10.1 Å². The number of rotatable bonds is 7. The lowest BCUT2D eigenvalue weighted by Gasteiger charge is -2.15. The van der Waals surface area contributed by atoms with E-state index < -0.39 is 8.07 Å². The van der Waals surface area contributed by atoms with Crippen LogP contribution < -0.4 is 4.74 Å². The van der Waals surface area contributed by atoms with E-state index in [1.807, 2.05) is 17.7 Å². The molecule has 1 saturated carbocycles. The van der Waals surface area contributed by atoms with Crippen molar-refractivity contribution in [2.24, 2.45) is 0 Å². The van der Waals surface area contributed by atoms with Gasteiger partial charge in [-0.05, 0) is 47.8 Å². The molecule has 0 N–H and O–H groups in total.